The molecule has 0 unspecified atom stereocenters. The van der Waals surface area contributed by atoms with Crippen LogP contribution in [0.2, 0.25) is 0 Å². The largest absolute Gasteiger partial charge is 0.309 e. The predicted octanol–water partition coefficient (Wildman–Crippen LogP) is 4.43. The normalized spacial score (nSPS) is 6.92. The van der Waals surface area contributed by atoms with E-state index in [1.165, 1.54) is 19.4 Å². The molecule has 13 heavy (non-hydrogen) atoms. The van der Waals surface area contributed by atoms with Crippen LogP contribution in [0.3, 0.4) is 0 Å². The Bertz CT molecular complexity index is 34.1. The van der Waals surface area contributed by atoms with E-state index in [0.29, 0.717) is 0 Å². The zero-order chi connectivity index (χ0) is 11.7. The van der Waals surface area contributed by atoms with E-state index < -0.39 is 0 Å². The van der Waals surface area contributed by atoms with Crippen LogP contribution in [0.15, 0.2) is 0 Å². The molecule has 0 atom stereocenters. The lowest BCUT2D eigenvalue weighted by Crippen LogP contribution is -2.11. The van der Waals surface area contributed by atoms with Crippen molar-refractivity contribution in [3.8, 4) is 0 Å². The van der Waals surface area contributed by atoms with Gasteiger partial charge in [0.25, 0.3) is 0 Å². The predicted molar refractivity (Wildman–Crippen MR) is 67.5 cm³/mol. The van der Waals surface area contributed by atoms with Gasteiger partial charge >= 0.3 is 0 Å². The van der Waals surface area contributed by atoms with E-state index in [1.807, 2.05) is 27.7 Å². The highest BCUT2D eigenvalue weighted by Gasteiger charge is 1.79. The van der Waals surface area contributed by atoms with Gasteiger partial charge in [0.1, 0.15) is 0 Å². The molecule has 0 N–H and O–H groups in total. The fourth-order valence-electron chi connectivity index (χ4n) is 0.447. The van der Waals surface area contributed by atoms with E-state index in [-0.39, 0.29) is 0 Å². The molecule has 0 aliphatic rings. The lowest BCUT2D eigenvalue weighted by atomic mass is 10.5. The zero-order valence-electron chi connectivity index (χ0n) is 11.6. The Balaban J connectivity index is -0.0000000493. The summed E-state index contributed by atoms with van der Waals surface area (Å²) in [6.07, 6.45) is 2.51. The Morgan fingerprint density at radius 1 is 0.769 bits per heavy atom. The van der Waals surface area contributed by atoms with Crippen molar-refractivity contribution in [3.63, 3.8) is 0 Å². The molecule has 0 heterocycles. The smallest absolute Gasteiger partial charge is 0.00275 e. The summed E-state index contributed by atoms with van der Waals surface area (Å²) in [7, 11) is 4.17. The van der Waals surface area contributed by atoms with E-state index in [1.54, 1.807) is 0 Å². The first-order chi connectivity index (χ1) is 6.18. The van der Waals surface area contributed by atoms with Crippen LogP contribution in [0.5, 0.6) is 0 Å². The summed E-state index contributed by atoms with van der Waals surface area (Å²) in [6.45, 7) is 15.6. The Morgan fingerprint density at radius 3 is 1.00 bits per heavy atom. The van der Waals surface area contributed by atoms with E-state index in [4.69, 9.17) is 0 Å². The van der Waals surface area contributed by atoms with Crippen molar-refractivity contribution in [1.29, 1.82) is 0 Å². The van der Waals surface area contributed by atoms with Gasteiger partial charge in [0.2, 0.25) is 0 Å². The highest BCUT2D eigenvalue weighted by atomic mass is 15.0. The first kappa shape index (κ1) is 23.1. The lowest BCUT2D eigenvalue weighted by molar-refractivity contribution is 0.408. The maximum absolute atomic E-state index is 2.18. The molecule has 86 valence electrons. The lowest BCUT2D eigenvalue weighted by Gasteiger charge is -2.03. The minimum absolute atomic E-state index is 1.21. The summed E-state index contributed by atoms with van der Waals surface area (Å²) >= 11 is 0. The standard InChI is InChI=1S/C5H13N.C3H8.2C2H6/c1-4-5-6(2)3;1-3-2;2*1-2/h4-5H2,1-3H3;3H2,1-2H3;2*1-2H3. The molecule has 0 bridgehead atoms. The average molecular weight is 191 g/mol. The second-order valence-corrected chi connectivity index (χ2v) is 2.51. The first-order valence-electron chi connectivity index (χ1n) is 5.83. The molecule has 1 nitrogen and oxygen atoms in total. The number of hydrogen-bond acceptors (Lipinski definition) is 1. The minimum atomic E-state index is 1.21. The number of nitrogens with zero attached hydrogens (tertiary/aromatic N) is 1. The molecule has 1 heteroatoms. The summed E-state index contributed by atoms with van der Waals surface area (Å²) in [5.41, 5.74) is 0. The second kappa shape index (κ2) is 40.4. The van der Waals surface area contributed by atoms with Crippen molar-refractivity contribution in [2.75, 3.05) is 20.6 Å². The monoisotopic (exact) mass is 191 g/mol. The van der Waals surface area contributed by atoms with E-state index in [2.05, 4.69) is 39.8 Å². The van der Waals surface area contributed by atoms with Crippen LogP contribution in [0.4, 0.5) is 0 Å². The Hall–Kier alpha value is -0.0400. The van der Waals surface area contributed by atoms with Crippen LogP contribution >= 0.6 is 0 Å². The van der Waals surface area contributed by atoms with Gasteiger partial charge in [-0.05, 0) is 27.1 Å². The number of hydrogen-bond donors (Lipinski definition) is 0. The molecule has 0 spiro atoms. The van der Waals surface area contributed by atoms with Crippen molar-refractivity contribution in [3.05, 3.63) is 0 Å². The van der Waals surface area contributed by atoms with Crippen molar-refractivity contribution >= 4 is 0 Å². The molecule has 0 saturated heterocycles. The third-order valence-electron chi connectivity index (χ3n) is 0.671. The van der Waals surface area contributed by atoms with Gasteiger partial charge < -0.3 is 4.90 Å². The maximum Gasteiger partial charge on any atom is -0.00275 e. The van der Waals surface area contributed by atoms with E-state index in [0.717, 1.165) is 0 Å². The van der Waals surface area contributed by atoms with Gasteiger partial charge in [0, 0.05) is 0 Å². The van der Waals surface area contributed by atoms with Crippen molar-refractivity contribution in [1.82, 2.24) is 4.90 Å². The highest BCUT2D eigenvalue weighted by molar-refractivity contribution is 4.34. The van der Waals surface area contributed by atoms with Gasteiger partial charge in [-0.15, -0.1) is 0 Å². The average Bonchev–Trinajstić information content (AvgIpc) is 2.12. The van der Waals surface area contributed by atoms with Gasteiger partial charge in [0.15, 0.2) is 0 Å². The third kappa shape index (κ3) is 135. The fourth-order valence-corrected chi connectivity index (χ4v) is 0.447. The van der Waals surface area contributed by atoms with Gasteiger partial charge in [-0.25, -0.2) is 0 Å². The molecule has 0 aromatic rings. The SMILES string of the molecule is CC.CC.CCC.CCCN(C)C. The molecule has 0 aliphatic carbocycles. The highest BCUT2D eigenvalue weighted by Crippen LogP contribution is 1.76. The number of rotatable bonds is 2. The Labute approximate surface area is 87.5 Å². The molecule has 0 aromatic heterocycles. The Kier molecular flexibility index (Phi) is 71.8. The van der Waals surface area contributed by atoms with Crippen LogP contribution in [-0.4, -0.2) is 25.5 Å². The summed E-state index contributed by atoms with van der Waals surface area (Å²) < 4.78 is 0. The van der Waals surface area contributed by atoms with Crippen LogP contribution in [0, 0.1) is 0 Å². The van der Waals surface area contributed by atoms with Crippen LogP contribution in [-0.2, 0) is 0 Å². The Morgan fingerprint density at radius 2 is 1.00 bits per heavy atom. The maximum atomic E-state index is 2.18. The first-order valence-corrected chi connectivity index (χ1v) is 5.83. The van der Waals surface area contributed by atoms with Crippen LogP contribution in [0.25, 0.3) is 0 Å². The summed E-state index contributed by atoms with van der Waals surface area (Å²) in [5.74, 6) is 0. The van der Waals surface area contributed by atoms with Crippen molar-refractivity contribution in [2.45, 2.75) is 61.3 Å². The van der Waals surface area contributed by atoms with Crippen molar-refractivity contribution in [2.24, 2.45) is 0 Å². The minimum Gasteiger partial charge on any atom is -0.309 e. The van der Waals surface area contributed by atoms with Gasteiger partial charge in [-0.2, -0.15) is 0 Å². The van der Waals surface area contributed by atoms with Gasteiger partial charge in [-0.1, -0.05) is 54.9 Å². The fraction of sp³-hybridized carbons (Fsp3) is 1.00. The molecule has 0 rings (SSSR count). The zero-order valence-corrected chi connectivity index (χ0v) is 11.6. The molecule has 0 aromatic carbocycles. The molecule has 0 fully saturated rings. The molecular weight excluding hydrogens is 158 g/mol. The van der Waals surface area contributed by atoms with E-state index in [9.17, 15) is 0 Å². The quantitative estimate of drug-likeness (QED) is 0.624. The molecule has 0 aliphatic heterocycles. The van der Waals surface area contributed by atoms with Crippen LogP contribution < -0.4 is 0 Å². The third-order valence-corrected chi connectivity index (χ3v) is 0.671. The van der Waals surface area contributed by atoms with Gasteiger partial charge in [0.05, 0.1) is 0 Å². The van der Waals surface area contributed by atoms with Gasteiger partial charge in [-0.3, -0.25) is 0 Å². The molecule has 0 amide bonds. The topological polar surface area (TPSA) is 3.24 Å². The summed E-state index contributed by atoms with van der Waals surface area (Å²) in [4.78, 5) is 2.18. The molecular formula is C12H33N. The summed E-state index contributed by atoms with van der Waals surface area (Å²) in [6, 6.07) is 0. The van der Waals surface area contributed by atoms with Crippen LogP contribution in [0.1, 0.15) is 61.3 Å². The van der Waals surface area contributed by atoms with Crippen molar-refractivity contribution < 1.29 is 0 Å². The summed E-state index contributed by atoms with van der Waals surface area (Å²) in [5, 5.41) is 0. The van der Waals surface area contributed by atoms with E-state index >= 15 is 0 Å². The second-order valence-electron chi connectivity index (χ2n) is 2.51. The molecule has 0 radical (unpaired) electrons. The molecule has 0 saturated carbocycles.